The topological polar surface area (TPSA) is 64.1 Å². The molecule has 0 aliphatic rings. The van der Waals surface area contributed by atoms with Gasteiger partial charge in [0.25, 0.3) is 5.91 Å². The summed E-state index contributed by atoms with van der Waals surface area (Å²) in [5.41, 5.74) is 3.86. The maximum absolute atomic E-state index is 12.1. The minimum Gasteiger partial charge on any atom is -0.483 e. The van der Waals surface area contributed by atoms with E-state index in [9.17, 15) is 4.79 Å². The number of benzene rings is 1. The van der Waals surface area contributed by atoms with E-state index in [0.29, 0.717) is 10.9 Å². The van der Waals surface area contributed by atoms with Gasteiger partial charge in [0.05, 0.1) is 16.3 Å². The maximum Gasteiger partial charge on any atom is 0.264 e. The van der Waals surface area contributed by atoms with E-state index in [1.54, 1.807) is 6.20 Å². The lowest BCUT2D eigenvalue weighted by atomic mass is 10.1. The van der Waals surface area contributed by atoms with Gasteiger partial charge in [0.15, 0.2) is 11.7 Å². The predicted octanol–water partition coefficient (Wildman–Crippen LogP) is 4.15. The summed E-state index contributed by atoms with van der Waals surface area (Å²) >= 11 is 1.41. The van der Waals surface area contributed by atoms with E-state index in [1.165, 1.54) is 11.3 Å². The minimum absolute atomic E-state index is 0.0541. The number of nitrogens with one attached hydrogen (secondary N) is 1. The predicted molar refractivity (Wildman–Crippen MR) is 100 cm³/mol. The summed E-state index contributed by atoms with van der Waals surface area (Å²) in [6.45, 7) is 5.83. The van der Waals surface area contributed by atoms with Crippen molar-refractivity contribution in [2.75, 3.05) is 11.9 Å². The van der Waals surface area contributed by atoms with Crippen molar-refractivity contribution < 1.29 is 9.53 Å². The lowest BCUT2D eigenvalue weighted by Crippen LogP contribution is -2.20. The monoisotopic (exact) mass is 353 g/mol. The number of hydrogen-bond donors (Lipinski definition) is 1. The Bertz CT molecular complexity index is 891. The molecule has 0 atom stereocenters. The van der Waals surface area contributed by atoms with Crippen LogP contribution < -0.4 is 10.1 Å². The number of nitrogens with zero attached hydrogens (tertiary/aromatic N) is 2. The largest absolute Gasteiger partial charge is 0.483 e. The molecule has 1 N–H and O–H groups in total. The lowest BCUT2D eigenvalue weighted by Gasteiger charge is -2.09. The molecule has 2 aromatic heterocycles. The summed E-state index contributed by atoms with van der Waals surface area (Å²) in [5, 5.41) is 3.34. The van der Waals surface area contributed by atoms with Crippen molar-refractivity contribution in [1.29, 1.82) is 0 Å². The number of aryl methyl sites for hydroxylation is 3. The van der Waals surface area contributed by atoms with Gasteiger partial charge in [-0.3, -0.25) is 15.1 Å². The molecule has 0 fully saturated rings. The van der Waals surface area contributed by atoms with E-state index < -0.39 is 0 Å². The Balaban J connectivity index is 1.63. The molecule has 6 heteroatoms. The molecule has 3 rings (SSSR count). The Morgan fingerprint density at radius 1 is 1.20 bits per heavy atom. The van der Waals surface area contributed by atoms with Crippen LogP contribution in [0.25, 0.3) is 10.6 Å². The van der Waals surface area contributed by atoms with Crippen LogP contribution in [-0.4, -0.2) is 22.5 Å². The molecule has 0 unspecified atom stereocenters. The van der Waals surface area contributed by atoms with Crippen LogP contribution in [0.4, 0.5) is 5.13 Å². The fourth-order valence-corrected chi connectivity index (χ4v) is 3.40. The van der Waals surface area contributed by atoms with Crippen LogP contribution in [0.15, 0.2) is 42.6 Å². The van der Waals surface area contributed by atoms with Crippen LogP contribution in [0, 0.1) is 20.8 Å². The highest BCUT2D eigenvalue weighted by Crippen LogP contribution is 2.31. The van der Waals surface area contributed by atoms with Crippen molar-refractivity contribution in [1.82, 2.24) is 9.97 Å². The number of anilines is 1. The number of pyridine rings is 1. The number of carbonyl (C=O) groups excluding carboxylic acids is 1. The Labute approximate surface area is 150 Å². The van der Waals surface area contributed by atoms with E-state index in [2.05, 4.69) is 15.3 Å². The Kier molecular flexibility index (Phi) is 5.09. The van der Waals surface area contributed by atoms with Crippen LogP contribution in [0.5, 0.6) is 5.75 Å². The zero-order valence-electron chi connectivity index (χ0n) is 14.4. The van der Waals surface area contributed by atoms with Crippen LogP contribution in [-0.2, 0) is 4.79 Å². The second-order valence-corrected chi connectivity index (χ2v) is 6.75. The Morgan fingerprint density at radius 2 is 2.04 bits per heavy atom. The van der Waals surface area contributed by atoms with Gasteiger partial charge in [-0.1, -0.05) is 35.1 Å². The zero-order valence-corrected chi connectivity index (χ0v) is 15.2. The third-order valence-corrected chi connectivity index (χ3v) is 4.73. The molecule has 0 bridgehead atoms. The molecule has 1 amide bonds. The van der Waals surface area contributed by atoms with Gasteiger partial charge in [0.2, 0.25) is 0 Å². The first-order valence-electron chi connectivity index (χ1n) is 7.91. The maximum atomic E-state index is 12.1. The van der Waals surface area contributed by atoms with Crippen LogP contribution in [0.3, 0.4) is 0 Å². The van der Waals surface area contributed by atoms with Gasteiger partial charge in [-0.05, 0) is 44.5 Å². The number of carbonyl (C=O) groups is 1. The second-order valence-electron chi connectivity index (χ2n) is 5.75. The van der Waals surface area contributed by atoms with Gasteiger partial charge in [-0.15, -0.1) is 0 Å². The van der Waals surface area contributed by atoms with Crippen molar-refractivity contribution >= 4 is 22.4 Å². The molecule has 0 radical (unpaired) electrons. The number of thiazole rings is 1. The lowest BCUT2D eigenvalue weighted by molar-refractivity contribution is -0.118. The van der Waals surface area contributed by atoms with Crippen molar-refractivity contribution in [2.24, 2.45) is 0 Å². The summed E-state index contributed by atoms with van der Waals surface area (Å²) in [5.74, 6) is 0.478. The highest BCUT2D eigenvalue weighted by atomic mass is 32.1. The van der Waals surface area contributed by atoms with Gasteiger partial charge in [-0.2, -0.15) is 0 Å². The van der Waals surface area contributed by atoms with E-state index in [1.807, 2.05) is 57.2 Å². The van der Waals surface area contributed by atoms with Gasteiger partial charge < -0.3 is 4.74 Å². The first-order valence-corrected chi connectivity index (χ1v) is 8.73. The standard InChI is InChI=1S/C19H19N3O2S/c1-12-7-8-16(13(2)10-12)24-11-17(23)22-19-21-14(3)18(25-19)15-6-4-5-9-20-15/h4-10H,11H2,1-3H3,(H,21,22,23). The third-order valence-electron chi connectivity index (χ3n) is 3.63. The molecule has 0 saturated heterocycles. The third kappa shape index (κ3) is 4.22. The number of amides is 1. The summed E-state index contributed by atoms with van der Waals surface area (Å²) in [4.78, 5) is 21.8. The van der Waals surface area contributed by atoms with E-state index in [0.717, 1.165) is 27.4 Å². The van der Waals surface area contributed by atoms with Crippen LogP contribution >= 0.6 is 11.3 Å². The van der Waals surface area contributed by atoms with Crippen molar-refractivity contribution in [3.63, 3.8) is 0 Å². The molecule has 2 heterocycles. The van der Waals surface area contributed by atoms with Crippen LogP contribution in [0.2, 0.25) is 0 Å². The average Bonchev–Trinajstić information content (AvgIpc) is 2.95. The SMILES string of the molecule is Cc1ccc(OCC(=O)Nc2nc(C)c(-c3ccccn3)s2)c(C)c1. The molecule has 25 heavy (non-hydrogen) atoms. The highest BCUT2D eigenvalue weighted by Gasteiger charge is 2.13. The van der Waals surface area contributed by atoms with Gasteiger partial charge in [-0.25, -0.2) is 4.98 Å². The van der Waals surface area contributed by atoms with Crippen molar-refractivity contribution in [3.8, 4) is 16.3 Å². The first-order chi connectivity index (χ1) is 12.0. The number of rotatable bonds is 5. The van der Waals surface area contributed by atoms with Gasteiger partial charge in [0.1, 0.15) is 5.75 Å². The molecule has 0 aliphatic heterocycles. The first kappa shape index (κ1) is 17.1. The molecule has 0 spiro atoms. The van der Waals surface area contributed by atoms with Crippen molar-refractivity contribution in [2.45, 2.75) is 20.8 Å². The normalized spacial score (nSPS) is 10.5. The van der Waals surface area contributed by atoms with Gasteiger partial charge in [0, 0.05) is 6.20 Å². The fraction of sp³-hybridized carbons (Fsp3) is 0.211. The molecule has 0 saturated carbocycles. The van der Waals surface area contributed by atoms with Gasteiger partial charge >= 0.3 is 0 Å². The van der Waals surface area contributed by atoms with Crippen molar-refractivity contribution in [3.05, 3.63) is 59.4 Å². The minimum atomic E-state index is -0.235. The quantitative estimate of drug-likeness (QED) is 0.748. The highest BCUT2D eigenvalue weighted by molar-refractivity contribution is 7.19. The molecule has 3 aromatic rings. The fourth-order valence-electron chi connectivity index (χ4n) is 2.44. The number of hydrogen-bond acceptors (Lipinski definition) is 5. The molecular weight excluding hydrogens is 334 g/mol. The summed E-state index contributed by atoms with van der Waals surface area (Å²) in [6.07, 6.45) is 1.74. The van der Waals surface area contributed by atoms with E-state index in [4.69, 9.17) is 4.74 Å². The van der Waals surface area contributed by atoms with E-state index >= 15 is 0 Å². The van der Waals surface area contributed by atoms with Crippen LogP contribution in [0.1, 0.15) is 16.8 Å². The number of aromatic nitrogens is 2. The molecule has 5 nitrogen and oxygen atoms in total. The van der Waals surface area contributed by atoms with E-state index in [-0.39, 0.29) is 12.5 Å². The Morgan fingerprint density at radius 3 is 2.76 bits per heavy atom. The average molecular weight is 353 g/mol. The molecule has 1 aromatic carbocycles. The molecular formula is C19H19N3O2S. The summed E-state index contributed by atoms with van der Waals surface area (Å²) < 4.78 is 5.60. The zero-order chi connectivity index (χ0) is 17.8. The molecule has 0 aliphatic carbocycles. The smallest absolute Gasteiger partial charge is 0.264 e. The molecule has 128 valence electrons. The second kappa shape index (κ2) is 7.44. The summed E-state index contributed by atoms with van der Waals surface area (Å²) in [7, 11) is 0. The number of ether oxygens (including phenoxy) is 1. The Hall–Kier alpha value is -2.73. The summed E-state index contributed by atoms with van der Waals surface area (Å²) in [6, 6.07) is 11.6.